The maximum atomic E-state index is 5.52. The highest BCUT2D eigenvalue weighted by Crippen LogP contribution is 2.36. The molecule has 0 spiro atoms. The molecule has 6 heteroatoms. The second kappa shape index (κ2) is 6.73. The van der Waals surface area contributed by atoms with Crippen LogP contribution in [0.2, 0.25) is 0 Å². The van der Waals surface area contributed by atoms with Crippen LogP contribution in [0.1, 0.15) is 17.9 Å². The van der Waals surface area contributed by atoms with Crippen molar-refractivity contribution in [1.29, 1.82) is 0 Å². The molecule has 0 saturated carbocycles. The third kappa shape index (κ3) is 3.16. The highest BCUT2D eigenvalue weighted by atomic mass is 16.5. The van der Waals surface area contributed by atoms with Crippen LogP contribution in [0.3, 0.4) is 0 Å². The summed E-state index contributed by atoms with van der Waals surface area (Å²) in [4.78, 5) is 11.1. The fourth-order valence-corrected chi connectivity index (χ4v) is 2.99. The highest BCUT2D eigenvalue weighted by molar-refractivity contribution is 5.47. The summed E-state index contributed by atoms with van der Waals surface area (Å²) < 4.78 is 10.9. The molecule has 122 valence electrons. The molecule has 0 bridgehead atoms. The van der Waals surface area contributed by atoms with Crippen LogP contribution in [-0.2, 0) is 0 Å². The lowest BCUT2D eigenvalue weighted by Gasteiger charge is -2.18. The predicted octanol–water partition coefficient (Wildman–Crippen LogP) is 2.53. The molecule has 2 heterocycles. The van der Waals surface area contributed by atoms with Gasteiger partial charge in [-0.3, -0.25) is 0 Å². The molecule has 1 fully saturated rings. The molecular formula is C17H22N4O2. The summed E-state index contributed by atoms with van der Waals surface area (Å²) in [7, 11) is 5.25. The lowest BCUT2D eigenvalue weighted by molar-refractivity contribution is 0.396. The fraction of sp³-hybridized carbons (Fsp3) is 0.412. The Labute approximate surface area is 136 Å². The zero-order chi connectivity index (χ0) is 16.2. The molecule has 1 saturated heterocycles. The molecule has 6 nitrogen and oxygen atoms in total. The van der Waals surface area contributed by atoms with Gasteiger partial charge in [0.05, 0.1) is 14.2 Å². The zero-order valence-corrected chi connectivity index (χ0v) is 13.7. The smallest absolute Gasteiger partial charge is 0.227 e. The van der Waals surface area contributed by atoms with Crippen LogP contribution in [0.5, 0.6) is 11.5 Å². The number of ether oxygens (including phenoxy) is 2. The number of hydrogen-bond donors (Lipinski definition) is 1. The number of nitrogens with one attached hydrogen (secondary N) is 1. The summed E-state index contributed by atoms with van der Waals surface area (Å²) in [5.74, 6) is 3.73. The molecule has 1 aliphatic heterocycles. The van der Waals surface area contributed by atoms with Gasteiger partial charge in [0.1, 0.15) is 17.3 Å². The molecule has 1 aliphatic rings. The van der Waals surface area contributed by atoms with Gasteiger partial charge < -0.3 is 19.7 Å². The quantitative estimate of drug-likeness (QED) is 0.915. The number of nitrogens with zero attached hydrogens (tertiary/aromatic N) is 3. The molecule has 1 N–H and O–H groups in total. The average Bonchev–Trinajstić information content (AvgIpc) is 3.11. The third-order valence-corrected chi connectivity index (χ3v) is 4.25. The van der Waals surface area contributed by atoms with Crippen LogP contribution in [0, 0.1) is 0 Å². The minimum absolute atomic E-state index is 0.377. The highest BCUT2D eigenvalue weighted by Gasteiger charge is 2.28. The SMILES string of the molecule is CNc1ccnc(N2CC[C@@H](c3cc(OC)ccc3OC)C2)n1. The van der Waals surface area contributed by atoms with Crippen LogP contribution < -0.4 is 19.7 Å². The Morgan fingerprint density at radius 3 is 2.83 bits per heavy atom. The van der Waals surface area contributed by atoms with Crippen LogP contribution in [0.15, 0.2) is 30.5 Å². The molecule has 1 atom stereocenters. The van der Waals surface area contributed by atoms with E-state index >= 15 is 0 Å². The Morgan fingerprint density at radius 1 is 1.22 bits per heavy atom. The molecule has 2 aromatic rings. The maximum absolute atomic E-state index is 5.52. The minimum atomic E-state index is 0.377. The van der Waals surface area contributed by atoms with E-state index in [0.717, 1.165) is 42.8 Å². The van der Waals surface area contributed by atoms with Gasteiger partial charge in [0, 0.05) is 37.8 Å². The number of hydrogen-bond acceptors (Lipinski definition) is 6. The summed E-state index contributed by atoms with van der Waals surface area (Å²) >= 11 is 0. The summed E-state index contributed by atoms with van der Waals surface area (Å²) in [5, 5.41) is 3.05. The summed E-state index contributed by atoms with van der Waals surface area (Å²) in [6, 6.07) is 7.82. The lowest BCUT2D eigenvalue weighted by Crippen LogP contribution is -2.22. The van der Waals surface area contributed by atoms with E-state index in [9.17, 15) is 0 Å². The second-order valence-electron chi connectivity index (χ2n) is 5.53. The first-order valence-electron chi connectivity index (χ1n) is 7.73. The molecule has 0 radical (unpaired) electrons. The molecule has 0 unspecified atom stereocenters. The number of aromatic nitrogens is 2. The Balaban J connectivity index is 1.82. The Bertz CT molecular complexity index is 677. The van der Waals surface area contributed by atoms with E-state index in [4.69, 9.17) is 9.47 Å². The largest absolute Gasteiger partial charge is 0.497 e. The predicted molar refractivity (Wildman–Crippen MR) is 90.7 cm³/mol. The van der Waals surface area contributed by atoms with Gasteiger partial charge in [-0.25, -0.2) is 4.98 Å². The number of rotatable bonds is 5. The first-order valence-corrected chi connectivity index (χ1v) is 7.73. The van der Waals surface area contributed by atoms with E-state index in [1.165, 1.54) is 5.56 Å². The molecule has 0 aliphatic carbocycles. The van der Waals surface area contributed by atoms with E-state index in [1.54, 1.807) is 20.4 Å². The van der Waals surface area contributed by atoms with E-state index in [1.807, 2.05) is 25.2 Å². The Kier molecular flexibility index (Phi) is 4.50. The number of benzene rings is 1. The lowest BCUT2D eigenvalue weighted by atomic mass is 9.97. The normalized spacial score (nSPS) is 17.2. The van der Waals surface area contributed by atoms with Gasteiger partial charge in [0.15, 0.2) is 0 Å². The summed E-state index contributed by atoms with van der Waals surface area (Å²) in [6.45, 7) is 1.80. The zero-order valence-electron chi connectivity index (χ0n) is 13.7. The first kappa shape index (κ1) is 15.4. The first-order chi connectivity index (χ1) is 11.2. The minimum Gasteiger partial charge on any atom is -0.497 e. The van der Waals surface area contributed by atoms with Gasteiger partial charge in [0.2, 0.25) is 5.95 Å². The van der Waals surface area contributed by atoms with Crippen molar-refractivity contribution in [2.24, 2.45) is 0 Å². The standard InChI is InChI=1S/C17H22N4O2/c1-18-16-6-8-19-17(20-16)21-9-7-12(11-21)14-10-13(22-2)4-5-15(14)23-3/h4-6,8,10,12H,7,9,11H2,1-3H3,(H,18,19,20)/t12-/m1/s1. The van der Waals surface area contributed by atoms with Crippen molar-refractivity contribution in [3.8, 4) is 11.5 Å². The van der Waals surface area contributed by atoms with E-state index in [0.29, 0.717) is 5.92 Å². The van der Waals surface area contributed by atoms with Gasteiger partial charge in [-0.15, -0.1) is 0 Å². The molecule has 23 heavy (non-hydrogen) atoms. The van der Waals surface area contributed by atoms with Crippen molar-refractivity contribution in [3.05, 3.63) is 36.0 Å². The van der Waals surface area contributed by atoms with Crippen molar-refractivity contribution < 1.29 is 9.47 Å². The van der Waals surface area contributed by atoms with Crippen molar-refractivity contribution in [2.75, 3.05) is 44.6 Å². The molecular weight excluding hydrogens is 292 g/mol. The van der Waals surface area contributed by atoms with Crippen molar-refractivity contribution in [3.63, 3.8) is 0 Å². The third-order valence-electron chi connectivity index (χ3n) is 4.25. The molecule has 1 aromatic carbocycles. The van der Waals surface area contributed by atoms with Crippen LogP contribution in [0.4, 0.5) is 11.8 Å². The Hall–Kier alpha value is -2.50. The van der Waals surface area contributed by atoms with E-state index in [2.05, 4.69) is 26.3 Å². The molecule has 1 aromatic heterocycles. The van der Waals surface area contributed by atoms with Crippen molar-refractivity contribution >= 4 is 11.8 Å². The monoisotopic (exact) mass is 314 g/mol. The molecule has 0 amide bonds. The number of methoxy groups -OCH3 is 2. The average molecular weight is 314 g/mol. The van der Waals surface area contributed by atoms with Crippen LogP contribution in [0.25, 0.3) is 0 Å². The maximum Gasteiger partial charge on any atom is 0.227 e. The topological polar surface area (TPSA) is 59.5 Å². The summed E-state index contributed by atoms with van der Waals surface area (Å²) in [6.07, 6.45) is 2.82. The van der Waals surface area contributed by atoms with Gasteiger partial charge in [-0.1, -0.05) is 0 Å². The second-order valence-corrected chi connectivity index (χ2v) is 5.53. The Morgan fingerprint density at radius 2 is 2.09 bits per heavy atom. The van der Waals surface area contributed by atoms with Crippen molar-refractivity contribution in [1.82, 2.24) is 9.97 Å². The van der Waals surface area contributed by atoms with Gasteiger partial charge in [0.25, 0.3) is 0 Å². The van der Waals surface area contributed by atoms with Crippen LogP contribution >= 0.6 is 0 Å². The molecule has 3 rings (SSSR count). The fourth-order valence-electron chi connectivity index (χ4n) is 2.99. The van der Waals surface area contributed by atoms with E-state index < -0.39 is 0 Å². The van der Waals surface area contributed by atoms with Crippen LogP contribution in [-0.4, -0.2) is 44.3 Å². The van der Waals surface area contributed by atoms with Crippen molar-refractivity contribution in [2.45, 2.75) is 12.3 Å². The summed E-state index contributed by atoms with van der Waals surface area (Å²) in [5.41, 5.74) is 1.18. The van der Waals surface area contributed by atoms with Gasteiger partial charge in [-0.2, -0.15) is 4.98 Å². The van der Waals surface area contributed by atoms with Gasteiger partial charge >= 0.3 is 0 Å². The van der Waals surface area contributed by atoms with E-state index in [-0.39, 0.29) is 0 Å². The van der Waals surface area contributed by atoms with Gasteiger partial charge in [-0.05, 0) is 30.7 Å². The number of anilines is 2.